The molecule has 0 saturated carbocycles. The van der Waals surface area contributed by atoms with E-state index in [1.807, 2.05) is 23.1 Å². The largest absolute Gasteiger partial charge is 0.311 e. The van der Waals surface area contributed by atoms with Gasteiger partial charge >= 0.3 is 0 Å². The van der Waals surface area contributed by atoms with Crippen molar-refractivity contribution >= 4 is 0 Å². The lowest BCUT2D eigenvalue weighted by molar-refractivity contribution is 0.0567. The number of aromatic nitrogens is 2. The summed E-state index contributed by atoms with van der Waals surface area (Å²) in [5.41, 5.74) is 0.237. The fourth-order valence-corrected chi connectivity index (χ4v) is 2.86. The van der Waals surface area contributed by atoms with Gasteiger partial charge in [0.1, 0.15) is 0 Å². The normalized spacial score (nSPS) is 23.9. The molecular formula is C15H28N4. The Morgan fingerprint density at radius 2 is 2.16 bits per heavy atom. The van der Waals surface area contributed by atoms with Gasteiger partial charge in [0.25, 0.3) is 0 Å². The first kappa shape index (κ1) is 14.5. The van der Waals surface area contributed by atoms with Gasteiger partial charge in [-0.05, 0) is 32.3 Å². The third-order valence-electron chi connectivity index (χ3n) is 4.03. The van der Waals surface area contributed by atoms with Crippen molar-refractivity contribution in [2.75, 3.05) is 19.6 Å². The van der Waals surface area contributed by atoms with E-state index in [2.05, 4.69) is 43.0 Å². The summed E-state index contributed by atoms with van der Waals surface area (Å²) in [6.45, 7) is 13.5. The minimum atomic E-state index is 0.237. The van der Waals surface area contributed by atoms with E-state index in [9.17, 15) is 0 Å². The van der Waals surface area contributed by atoms with Crippen molar-refractivity contribution in [2.24, 2.45) is 5.92 Å². The average Bonchev–Trinajstić information content (AvgIpc) is 2.82. The third-order valence-corrected chi connectivity index (χ3v) is 4.03. The minimum absolute atomic E-state index is 0.237. The minimum Gasteiger partial charge on any atom is -0.311 e. The zero-order valence-electron chi connectivity index (χ0n) is 12.8. The van der Waals surface area contributed by atoms with Crippen LogP contribution in [0, 0.1) is 5.92 Å². The van der Waals surface area contributed by atoms with Crippen LogP contribution in [0.3, 0.4) is 0 Å². The molecule has 1 aromatic rings. The highest BCUT2D eigenvalue weighted by Crippen LogP contribution is 2.21. The molecule has 1 aliphatic rings. The monoisotopic (exact) mass is 264 g/mol. The first-order valence-electron chi connectivity index (χ1n) is 7.43. The zero-order valence-corrected chi connectivity index (χ0v) is 12.8. The fourth-order valence-electron chi connectivity index (χ4n) is 2.86. The number of piperazine rings is 1. The average molecular weight is 264 g/mol. The van der Waals surface area contributed by atoms with Crippen molar-refractivity contribution in [3.63, 3.8) is 0 Å². The molecule has 0 radical (unpaired) electrons. The maximum atomic E-state index is 4.29. The van der Waals surface area contributed by atoms with Gasteiger partial charge in [-0.2, -0.15) is 5.10 Å². The molecule has 1 aromatic heterocycles. The molecule has 0 aliphatic carbocycles. The molecule has 1 atom stereocenters. The summed E-state index contributed by atoms with van der Waals surface area (Å²) in [5.74, 6) is 0.756. The summed E-state index contributed by atoms with van der Waals surface area (Å²) >= 11 is 0. The molecule has 1 fully saturated rings. The summed E-state index contributed by atoms with van der Waals surface area (Å²) in [6, 6.07) is 2.62. The smallest absolute Gasteiger partial charge is 0.0536 e. The van der Waals surface area contributed by atoms with E-state index in [-0.39, 0.29) is 5.54 Å². The van der Waals surface area contributed by atoms with Crippen molar-refractivity contribution < 1.29 is 0 Å². The summed E-state index contributed by atoms with van der Waals surface area (Å²) in [7, 11) is 0. The van der Waals surface area contributed by atoms with Gasteiger partial charge in [-0.25, -0.2) is 0 Å². The summed E-state index contributed by atoms with van der Waals surface area (Å²) < 4.78 is 2.02. The van der Waals surface area contributed by atoms with Crippen LogP contribution in [0.1, 0.15) is 34.1 Å². The van der Waals surface area contributed by atoms with Gasteiger partial charge in [-0.1, -0.05) is 13.8 Å². The number of hydrogen-bond donors (Lipinski definition) is 1. The second-order valence-electron chi connectivity index (χ2n) is 6.73. The molecule has 1 unspecified atom stereocenters. The molecule has 2 rings (SSSR count). The molecule has 0 amide bonds. The van der Waals surface area contributed by atoms with Gasteiger partial charge < -0.3 is 5.32 Å². The summed E-state index contributed by atoms with van der Waals surface area (Å²) in [6.07, 6.45) is 5.15. The molecule has 1 saturated heterocycles. The molecular weight excluding hydrogens is 236 g/mol. The zero-order chi connectivity index (χ0) is 13.9. The van der Waals surface area contributed by atoms with Crippen LogP contribution in [0.2, 0.25) is 0 Å². The molecule has 1 aliphatic heterocycles. The van der Waals surface area contributed by atoms with Gasteiger partial charge in [0.15, 0.2) is 0 Å². The lowest BCUT2D eigenvalue weighted by atomic mass is 9.94. The highest BCUT2D eigenvalue weighted by molar-refractivity contribution is 4.93. The molecule has 108 valence electrons. The Kier molecular flexibility index (Phi) is 4.63. The number of nitrogens with one attached hydrogen (secondary N) is 1. The topological polar surface area (TPSA) is 33.1 Å². The Morgan fingerprint density at radius 3 is 2.79 bits per heavy atom. The lowest BCUT2D eigenvalue weighted by Gasteiger charge is -2.46. The molecule has 4 heteroatoms. The van der Waals surface area contributed by atoms with Crippen LogP contribution in [-0.4, -0.2) is 45.9 Å². The van der Waals surface area contributed by atoms with Crippen molar-refractivity contribution in [3.05, 3.63) is 18.5 Å². The van der Waals surface area contributed by atoms with Crippen LogP contribution in [0.5, 0.6) is 0 Å². The third kappa shape index (κ3) is 4.05. The summed E-state index contributed by atoms with van der Waals surface area (Å²) in [4.78, 5) is 2.61. The molecule has 19 heavy (non-hydrogen) atoms. The number of nitrogens with zero attached hydrogens (tertiary/aromatic N) is 3. The highest BCUT2D eigenvalue weighted by Gasteiger charge is 2.33. The second-order valence-corrected chi connectivity index (χ2v) is 6.73. The maximum absolute atomic E-state index is 4.29. The van der Waals surface area contributed by atoms with E-state index in [1.165, 1.54) is 6.42 Å². The van der Waals surface area contributed by atoms with E-state index in [4.69, 9.17) is 0 Å². The molecule has 4 nitrogen and oxygen atoms in total. The number of rotatable bonds is 5. The van der Waals surface area contributed by atoms with Gasteiger partial charge in [-0.3, -0.25) is 9.58 Å². The lowest BCUT2D eigenvalue weighted by Crippen LogP contribution is -2.62. The van der Waals surface area contributed by atoms with Crippen molar-refractivity contribution in [1.82, 2.24) is 20.0 Å². The Morgan fingerprint density at radius 1 is 1.37 bits per heavy atom. The van der Waals surface area contributed by atoms with Crippen LogP contribution < -0.4 is 5.32 Å². The quantitative estimate of drug-likeness (QED) is 0.883. The molecule has 0 aromatic carbocycles. The van der Waals surface area contributed by atoms with Crippen molar-refractivity contribution in [3.8, 4) is 0 Å². The van der Waals surface area contributed by atoms with Crippen LogP contribution in [-0.2, 0) is 6.54 Å². The second kappa shape index (κ2) is 6.06. The van der Waals surface area contributed by atoms with E-state index >= 15 is 0 Å². The Labute approximate surface area is 117 Å². The Balaban J connectivity index is 1.90. The SMILES string of the molecule is CC(C)CC1CN(CCn2cccn2)C(C)(C)CN1. The van der Waals surface area contributed by atoms with E-state index < -0.39 is 0 Å². The fraction of sp³-hybridized carbons (Fsp3) is 0.800. The number of hydrogen-bond acceptors (Lipinski definition) is 3. The van der Waals surface area contributed by atoms with Crippen LogP contribution >= 0.6 is 0 Å². The van der Waals surface area contributed by atoms with Crippen molar-refractivity contribution in [1.29, 1.82) is 0 Å². The van der Waals surface area contributed by atoms with Gasteiger partial charge in [0.05, 0.1) is 6.54 Å². The Hall–Kier alpha value is -0.870. The van der Waals surface area contributed by atoms with E-state index in [1.54, 1.807) is 0 Å². The molecule has 0 spiro atoms. The van der Waals surface area contributed by atoms with Gasteiger partial charge in [-0.15, -0.1) is 0 Å². The maximum Gasteiger partial charge on any atom is 0.0536 e. The van der Waals surface area contributed by atoms with Crippen LogP contribution in [0.25, 0.3) is 0 Å². The first-order chi connectivity index (χ1) is 8.97. The standard InChI is InChI=1S/C15H28N4/c1-13(2)10-14-11-18(15(3,4)12-16-14)8-9-19-7-5-6-17-19/h5-7,13-14,16H,8-12H2,1-4H3. The predicted molar refractivity (Wildman–Crippen MR) is 79.1 cm³/mol. The first-order valence-corrected chi connectivity index (χ1v) is 7.43. The molecule has 0 bridgehead atoms. The van der Waals surface area contributed by atoms with Crippen LogP contribution in [0.15, 0.2) is 18.5 Å². The predicted octanol–water partition coefficient (Wildman–Crippen LogP) is 1.98. The van der Waals surface area contributed by atoms with Gasteiger partial charge in [0.2, 0.25) is 0 Å². The van der Waals surface area contributed by atoms with Crippen molar-refractivity contribution in [2.45, 2.75) is 52.2 Å². The van der Waals surface area contributed by atoms with Gasteiger partial charge in [0, 0.05) is 43.6 Å². The summed E-state index contributed by atoms with van der Waals surface area (Å²) in [5, 5.41) is 7.99. The molecule has 2 heterocycles. The highest BCUT2D eigenvalue weighted by atomic mass is 15.3. The Bertz CT molecular complexity index is 370. The van der Waals surface area contributed by atoms with E-state index in [0.717, 1.165) is 32.1 Å². The van der Waals surface area contributed by atoms with E-state index in [0.29, 0.717) is 6.04 Å². The van der Waals surface area contributed by atoms with Crippen LogP contribution in [0.4, 0.5) is 0 Å². The molecule has 1 N–H and O–H groups in total.